The number of aryl methyl sites for hydroxylation is 1. The Morgan fingerprint density at radius 3 is 2.73 bits per heavy atom. The summed E-state index contributed by atoms with van der Waals surface area (Å²) in [5, 5.41) is 3.46. The molecule has 8 heteroatoms. The van der Waals surface area contributed by atoms with Crippen LogP contribution in [-0.4, -0.2) is 28.1 Å². The van der Waals surface area contributed by atoms with Crippen molar-refractivity contribution in [1.82, 2.24) is 9.36 Å². The second-order valence-electron chi connectivity index (χ2n) is 5.41. The van der Waals surface area contributed by atoms with Crippen LogP contribution in [0.1, 0.15) is 5.56 Å². The minimum absolute atomic E-state index is 0.115. The molecule has 3 aromatic rings. The van der Waals surface area contributed by atoms with Crippen molar-refractivity contribution in [2.45, 2.75) is 11.3 Å². The van der Waals surface area contributed by atoms with Gasteiger partial charge in [0.2, 0.25) is 5.91 Å². The summed E-state index contributed by atoms with van der Waals surface area (Å²) in [5.41, 5.74) is 2.56. The van der Waals surface area contributed by atoms with Gasteiger partial charge in [-0.1, -0.05) is 29.4 Å². The maximum Gasteiger partial charge on any atom is 0.234 e. The number of benzene rings is 2. The van der Waals surface area contributed by atoms with Gasteiger partial charge in [-0.05, 0) is 60.4 Å². The van der Waals surface area contributed by atoms with Crippen LogP contribution in [0.2, 0.25) is 5.02 Å². The van der Waals surface area contributed by atoms with Gasteiger partial charge in [0.1, 0.15) is 5.75 Å². The van der Waals surface area contributed by atoms with E-state index in [0.29, 0.717) is 16.5 Å². The van der Waals surface area contributed by atoms with Crippen LogP contribution in [0.15, 0.2) is 46.8 Å². The Balaban J connectivity index is 1.56. The molecule has 0 spiro atoms. The fourth-order valence-corrected chi connectivity index (χ4v) is 3.72. The van der Waals surface area contributed by atoms with E-state index in [0.717, 1.165) is 21.2 Å². The number of hydrogen-bond acceptors (Lipinski definition) is 6. The molecule has 134 valence electrons. The van der Waals surface area contributed by atoms with Gasteiger partial charge in [0.05, 0.1) is 12.9 Å². The first-order valence-corrected chi connectivity index (χ1v) is 9.86. The highest BCUT2D eigenvalue weighted by Crippen LogP contribution is 2.27. The Morgan fingerprint density at radius 1 is 1.27 bits per heavy atom. The third-order valence-electron chi connectivity index (χ3n) is 3.54. The minimum Gasteiger partial charge on any atom is -0.497 e. The molecule has 1 amide bonds. The predicted octanol–water partition coefficient (Wildman–Crippen LogP) is 4.91. The van der Waals surface area contributed by atoms with Gasteiger partial charge >= 0.3 is 0 Å². The van der Waals surface area contributed by atoms with Gasteiger partial charge in [0.15, 0.2) is 10.2 Å². The molecule has 0 fully saturated rings. The van der Waals surface area contributed by atoms with Crippen LogP contribution in [0.25, 0.3) is 11.4 Å². The quantitative estimate of drug-likeness (QED) is 0.590. The number of halogens is 1. The fraction of sp³-hybridized carbons (Fsp3) is 0.167. The van der Waals surface area contributed by atoms with Crippen molar-refractivity contribution in [1.29, 1.82) is 0 Å². The average molecular weight is 406 g/mol. The van der Waals surface area contributed by atoms with Crippen molar-refractivity contribution in [3.05, 3.63) is 53.1 Å². The number of anilines is 1. The molecule has 0 saturated carbocycles. The zero-order valence-electron chi connectivity index (χ0n) is 14.2. The van der Waals surface area contributed by atoms with E-state index in [-0.39, 0.29) is 11.7 Å². The zero-order chi connectivity index (χ0) is 18.5. The molecule has 0 aliphatic rings. The van der Waals surface area contributed by atoms with E-state index in [4.69, 9.17) is 16.3 Å². The number of amides is 1. The number of methoxy groups -OCH3 is 1. The summed E-state index contributed by atoms with van der Waals surface area (Å²) in [6, 6.07) is 13.0. The van der Waals surface area contributed by atoms with Crippen LogP contribution in [0.3, 0.4) is 0 Å². The second-order valence-corrected chi connectivity index (χ2v) is 7.79. The van der Waals surface area contributed by atoms with Crippen molar-refractivity contribution in [2.24, 2.45) is 0 Å². The van der Waals surface area contributed by atoms with Crippen LogP contribution >= 0.6 is 34.9 Å². The standard InChI is InChI=1S/C18H16ClN3O2S2/c1-11-3-6-13(9-15(11)19)20-16(23)10-25-18-21-17(22-26-18)12-4-7-14(24-2)8-5-12/h3-9H,10H2,1-2H3,(H,20,23). The number of nitrogens with zero attached hydrogens (tertiary/aromatic N) is 2. The Kier molecular flexibility index (Phi) is 6.13. The maximum atomic E-state index is 12.1. The van der Waals surface area contributed by atoms with Gasteiger partial charge in [-0.25, -0.2) is 4.98 Å². The van der Waals surface area contributed by atoms with Crippen molar-refractivity contribution >= 4 is 46.5 Å². The van der Waals surface area contributed by atoms with Gasteiger partial charge in [-0.3, -0.25) is 4.79 Å². The zero-order valence-corrected chi connectivity index (χ0v) is 16.5. The lowest BCUT2D eigenvalue weighted by atomic mass is 10.2. The highest BCUT2D eigenvalue weighted by Gasteiger charge is 2.10. The number of carbonyl (C=O) groups is 1. The first kappa shape index (κ1) is 18.7. The molecule has 0 unspecified atom stereocenters. The maximum absolute atomic E-state index is 12.1. The first-order valence-electron chi connectivity index (χ1n) is 7.72. The Hall–Kier alpha value is -2.09. The van der Waals surface area contributed by atoms with Crippen LogP contribution < -0.4 is 10.1 Å². The summed E-state index contributed by atoms with van der Waals surface area (Å²) >= 11 is 8.70. The summed E-state index contributed by atoms with van der Waals surface area (Å²) < 4.78 is 10.2. The van der Waals surface area contributed by atoms with Crippen molar-refractivity contribution in [2.75, 3.05) is 18.2 Å². The lowest BCUT2D eigenvalue weighted by Crippen LogP contribution is -2.13. The number of aromatic nitrogens is 2. The van der Waals surface area contributed by atoms with Crippen LogP contribution in [0.4, 0.5) is 5.69 Å². The molecule has 0 saturated heterocycles. The molecular formula is C18H16ClN3O2S2. The van der Waals surface area contributed by atoms with Crippen LogP contribution in [0.5, 0.6) is 5.75 Å². The van der Waals surface area contributed by atoms with E-state index in [1.807, 2.05) is 43.3 Å². The van der Waals surface area contributed by atoms with Gasteiger partial charge < -0.3 is 10.1 Å². The van der Waals surface area contributed by atoms with Gasteiger partial charge in [-0.2, -0.15) is 4.37 Å². The molecule has 1 aromatic heterocycles. The second kappa shape index (κ2) is 8.53. The third kappa shape index (κ3) is 4.75. The predicted molar refractivity (Wildman–Crippen MR) is 107 cm³/mol. The fourth-order valence-electron chi connectivity index (χ4n) is 2.12. The molecule has 0 aliphatic heterocycles. The van der Waals surface area contributed by atoms with Gasteiger partial charge in [0, 0.05) is 16.3 Å². The normalized spacial score (nSPS) is 10.6. The average Bonchev–Trinajstić information content (AvgIpc) is 3.12. The molecule has 5 nitrogen and oxygen atoms in total. The lowest BCUT2D eigenvalue weighted by Gasteiger charge is -2.06. The summed E-state index contributed by atoms with van der Waals surface area (Å²) in [6.45, 7) is 1.92. The Bertz CT molecular complexity index is 913. The number of thioether (sulfide) groups is 1. The van der Waals surface area contributed by atoms with E-state index in [9.17, 15) is 4.79 Å². The highest BCUT2D eigenvalue weighted by molar-refractivity contribution is 8.01. The number of ether oxygens (including phenoxy) is 1. The largest absolute Gasteiger partial charge is 0.497 e. The van der Waals surface area contributed by atoms with E-state index >= 15 is 0 Å². The number of nitrogens with one attached hydrogen (secondary N) is 1. The van der Waals surface area contributed by atoms with Crippen molar-refractivity contribution in [3.63, 3.8) is 0 Å². The van der Waals surface area contributed by atoms with Gasteiger partial charge in [0.25, 0.3) is 0 Å². The molecule has 0 radical (unpaired) electrons. The topological polar surface area (TPSA) is 64.1 Å². The molecule has 3 rings (SSSR count). The molecular weight excluding hydrogens is 390 g/mol. The van der Waals surface area contributed by atoms with Gasteiger partial charge in [-0.15, -0.1) is 0 Å². The molecule has 0 atom stereocenters. The summed E-state index contributed by atoms with van der Waals surface area (Å²) in [6.07, 6.45) is 0. The van der Waals surface area contributed by atoms with Crippen molar-refractivity contribution < 1.29 is 9.53 Å². The number of hydrogen-bond donors (Lipinski definition) is 1. The monoisotopic (exact) mass is 405 g/mol. The number of carbonyl (C=O) groups excluding carboxylic acids is 1. The van der Waals surface area contributed by atoms with Crippen LogP contribution in [-0.2, 0) is 4.79 Å². The minimum atomic E-state index is -0.115. The van der Waals surface area contributed by atoms with E-state index in [1.165, 1.54) is 23.3 Å². The SMILES string of the molecule is COc1ccc(-c2nsc(SCC(=O)Nc3ccc(C)c(Cl)c3)n2)cc1. The molecule has 0 aliphatic carbocycles. The smallest absolute Gasteiger partial charge is 0.234 e. The summed E-state index contributed by atoms with van der Waals surface area (Å²) in [7, 11) is 1.63. The third-order valence-corrected chi connectivity index (χ3v) is 5.78. The summed E-state index contributed by atoms with van der Waals surface area (Å²) in [5.74, 6) is 1.57. The van der Waals surface area contributed by atoms with E-state index in [1.54, 1.807) is 13.2 Å². The van der Waals surface area contributed by atoms with E-state index < -0.39 is 0 Å². The highest BCUT2D eigenvalue weighted by atomic mass is 35.5. The Labute approximate surface area is 164 Å². The molecule has 2 aromatic carbocycles. The van der Waals surface area contributed by atoms with Crippen molar-refractivity contribution in [3.8, 4) is 17.1 Å². The van der Waals surface area contributed by atoms with Crippen LogP contribution in [0, 0.1) is 6.92 Å². The van der Waals surface area contributed by atoms with E-state index in [2.05, 4.69) is 14.7 Å². The summed E-state index contributed by atoms with van der Waals surface area (Å²) in [4.78, 5) is 16.6. The molecule has 1 heterocycles. The number of rotatable bonds is 6. The lowest BCUT2D eigenvalue weighted by molar-refractivity contribution is -0.113. The first-order chi connectivity index (χ1) is 12.5. The Morgan fingerprint density at radius 2 is 2.04 bits per heavy atom. The molecule has 0 bridgehead atoms. The molecule has 1 N–H and O–H groups in total. The molecule has 26 heavy (non-hydrogen) atoms.